The van der Waals surface area contributed by atoms with Crippen molar-refractivity contribution in [1.82, 2.24) is 20.6 Å². The number of nitrogens with zero attached hydrogens (tertiary/aromatic N) is 3. The predicted molar refractivity (Wildman–Crippen MR) is 111 cm³/mol. The van der Waals surface area contributed by atoms with E-state index in [-0.39, 0.29) is 29.4 Å². The van der Waals surface area contributed by atoms with Crippen molar-refractivity contribution in [3.05, 3.63) is 47.4 Å². The van der Waals surface area contributed by atoms with Crippen LogP contribution < -0.4 is 10.6 Å². The molecule has 0 amide bonds. The van der Waals surface area contributed by atoms with Gasteiger partial charge < -0.3 is 15.1 Å². The quantitative estimate of drug-likeness (QED) is 0.408. The largest absolute Gasteiger partial charge is 0.443 e. The monoisotopic (exact) mass is 457 g/mol. The fourth-order valence-corrected chi connectivity index (χ4v) is 2.08. The fourth-order valence-electron chi connectivity index (χ4n) is 2.08. The molecule has 6 nitrogen and oxygen atoms in total. The summed E-state index contributed by atoms with van der Waals surface area (Å²) in [5.74, 6) is 2.25. The summed E-state index contributed by atoms with van der Waals surface area (Å²) in [6, 6.07) is 3.97. The first-order chi connectivity index (χ1) is 11.4. The number of pyridine rings is 1. The van der Waals surface area contributed by atoms with Crippen LogP contribution >= 0.6 is 24.0 Å². The van der Waals surface area contributed by atoms with Crippen molar-refractivity contribution in [3.63, 3.8) is 0 Å². The van der Waals surface area contributed by atoms with Gasteiger partial charge in [0.05, 0.1) is 25.0 Å². The topological polar surface area (TPSA) is 75.3 Å². The molecule has 0 radical (unpaired) electrons. The van der Waals surface area contributed by atoms with Crippen LogP contribution in [0.1, 0.15) is 50.6 Å². The third-order valence-corrected chi connectivity index (χ3v) is 3.55. The Morgan fingerprint density at radius 2 is 2.00 bits per heavy atom. The van der Waals surface area contributed by atoms with Gasteiger partial charge in [-0.3, -0.25) is 4.98 Å². The lowest BCUT2D eigenvalue weighted by molar-refractivity contribution is 0.379. The van der Waals surface area contributed by atoms with Crippen LogP contribution in [0.3, 0.4) is 0 Å². The molecule has 2 aromatic heterocycles. The zero-order valence-corrected chi connectivity index (χ0v) is 17.9. The van der Waals surface area contributed by atoms with Crippen LogP contribution in [0.2, 0.25) is 0 Å². The summed E-state index contributed by atoms with van der Waals surface area (Å²) < 4.78 is 5.79. The Kier molecular flexibility index (Phi) is 8.34. The Hall–Kier alpha value is -1.64. The molecule has 0 unspecified atom stereocenters. The van der Waals surface area contributed by atoms with Gasteiger partial charge in [-0.15, -0.1) is 24.0 Å². The Balaban J connectivity index is 0.00000312. The molecule has 25 heavy (non-hydrogen) atoms. The van der Waals surface area contributed by atoms with Crippen LogP contribution in [0.4, 0.5) is 0 Å². The molecule has 0 aliphatic rings. The normalized spacial score (nSPS) is 11.8. The van der Waals surface area contributed by atoms with E-state index in [0.717, 1.165) is 29.5 Å². The van der Waals surface area contributed by atoms with Gasteiger partial charge in [0.2, 0.25) is 5.89 Å². The Morgan fingerprint density at radius 1 is 1.24 bits per heavy atom. The van der Waals surface area contributed by atoms with Crippen LogP contribution in [-0.2, 0) is 18.5 Å². The van der Waals surface area contributed by atoms with Crippen molar-refractivity contribution >= 4 is 29.9 Å². The van der Waals surface area contributed by atoms with E-state index in [4.69, 9.17) is 4.42 Å². The first kappa shape index (κ1) is 21.4. The molecule has 2 rings (SSSR count). The van der Waals surface area contributed by atoms with Crippen LogP contribution in [-0.4, -0.2) is 22.5 Å². The first-order valence-corrected chi connectivity index (χ1v) is 8.28. The highest BCUT2D eigenvalue weighted by atomic mass is 127. The Morgan fingerprint density at radius 3 is 2.60 bits per heavy atom. The van der Waals surface area contributed by atoms with E-state index in [1.54, 1.807) is 12.4 Å². The van der Waals surface area contributed by atoms with E-state index in [1.807, 2.05) is 26.0 Å². The van der Waals surface area contributed by atoms with Gasteiger partial charge in [-0.25, -0.2) is 9.98 Å². The number of aryl methyl sites for hydroxylation is 1. The number of aliphatic imine (C=N–C) groups is 1. The molecule has 2 aromatic rings. The molecule has 0 saturated carbocycles. The summed E-state index contributed by atoms with van der Waals surface area (Å²) in [6.07, 6.45) is 3.58. The highest BCUT2D eigenvalue weighted by Crippen LogP contribution is 2.22. The van der Waals surface area contributed by atoms with Crippen LogP contribution in [0.25, 0.3) is 0 Å². The van der Waals surface area contributed by atoms with Crippen molar-refractivity contribution < 1.29 is 4.42 Å². The number of aromatic nitrogens is 2. The average Bonchev–Trinajstić information content (AvgIpc) is 3.00. The van der Waals surface area contributed by atoms with E-state index >= 15 is 0 Å². The van der Waals surface area contributed by atoms with Gasteiger partial charge in [0, 0.05) is 18.2 Å². The van der Waals surface area contributed by atoms with Gasteiger partial charge in [0.1, 0.15) is 5.76 Å². The highest BCUT2D eigenvalue weighted by molar-refractivity contribution is 14.0. The van der Waals surface area contributed by atoms with Crippen LogP contribution in [0.15, 0.2) is 33.9 Å². The number of halogens is 1. The van der Waals surface area contributed by atoms with E-state index in [0.29, 0.717) is 19.0 Å². The minimum atomic E-state index is -0.0413. The number of guanidine groups is 1. The fraction of sp³-hybridized carbons (Fsp3) is 0.500. The molecule has 138 valence electrons. The van der Waals surface area contributed by atoms with E-state index < -0.39 is 0 Å². The molecule has 0 aromatic carbocycles. The van der Waals surface area contributed by atoms with Crippen molar-refractivity contribution in [1.29, 1.82) is 0 Å². The maximum atomic E-state index is 5.79. The number of hydrogen-bond acceptors (Lipinski definition) is 4. The molecule has 7 heteroatoms. The summed E-state index contributed by atoms with van der Waals surface area (Å²) in [5.41, 5.74) is 2.07. The molecule has 0 atom stereocenters. The SMILES string of the molecule is CCNC(=NCc1ncccc1C)NCc1ncc(C(C)(C)C)o1.I. The molecular formula is C18H28IN5O. The summed E-state index contributed by atoms with van der Waals surface area (Å²) in [5, 5.41) is 6.47. The second-order valence-corrected chi connectivity index (χ2v) is 6.68. The van der Waals surface area contributed by atoms with Gasteiger partial charge in [0.25, 0.3) is 0 Å². The lowest BCUT2D eigenvalue weighted by Crippen LogP contribution is -2.36. The zero-order chi connectivity index (χ0) is 17.6. The Bertz CT molecular complexity index is 691. The molecule has 0 aliphatic heterocycles. The van der Waals surface area contributed by atoms with Crippen molar-refractivity contribution in [2.24, 2.45) is 4.99 Å². The highest BCUT2D eigenvalue weighted by Gasteiger charge is 2.19. The zero-order valence-electron chi connectivity index (χ0n) is 15.6. The lowest BCUT2D eigenvalue weighted by atomic mass is 9.94. The van der Waals surface area contributed by atoms with Crippen LogP contribution in [0.5, 0.6) is 0 Å². The molecular weight excluding hydrogens is 429 g/mol. The number of hydrogen-bond donors (Lipinski definition) is 2. The van der Waals surface area contributed by atoms with E-state index in [9.17, 15) is 0 Å². The third kappa shape index (κ3) is 6.64. The second kappa shape index (κ2) is 9.74. The number of nitrogens with one attached hydrogen (secondary N) is 2. The van der Waals surface area contributed by atoms with Crippen molar-refractivity contribution in [2.75, 3.05) is 6.54 Å². The van der Waals surface area contributed by atoms with Gasteiger partial charge in [-0.1, -0.05) is 26.8 Å². The molecule has 0 spiro atoms. The minimum absolute atomic E-state index is 0. The van der Waals surface area contributed by atoms with Gasteiger partial charge in [0.15, 0.2) is 5.96 Å². The molecule has 0 aliphatic carbocycles. The lowest BCUT2D eigenvalue weighted by Gasteiger charge is -2.13. The van der Waals surface area contributed by atoms with Crippen molar-refractivity contribution in [3.8, 4) is 0 Å². The smallest absolute Gasteiger partial charge is 0.213 e. The number of rotatable bonds is 5. The standard InChI is InChI=1S/C18H27N5O.HI/c1-6-19-17(22-10-14-13(2)8-7-9-20-14)23-12-16-21-11-15(24-16)18(3,4)5;/h7-9,11H,6,10,12H2,1-5H3,(H2,19,22,23);1H. The minimum Gasteiger partial charge on any atom is -0.443 e. The van der Waals surface area contributed by atoms with E-state index in [2.05, 4.69) is 46.4 Å². The summed E-state index contributed by atoms with van der Waals surface area (Å²) in [4.78, 5) is 13.3. The van der Waals surface area contributed by atoms with Gasteiger partial charge >= 0.3 is 0 Å². The second-order valence-electron chi connectivity index (χ2n) is 6.68. The summed E-state index contributed by atoms with van der Waals surface area (Å²) >= 11 is 0. The summed E-state index contributed by atoms with van der Waals surface area (Å²) in [7, 11) is 0. The summed E-state index contributed by atoms with van der Waals surface area (Å²) in [6.45, 7) is 12.2. The third-order valence-electron chi connectivity index (χ3n) is 3.55. The predicted octanol–water partition coefficient (Wildman–Crippen LogP) is 3.55. The van der Waals surface area contributed by atoms with E-state index in [1.165, 1.54) is 0 Å². The van der Waals surface area contributed by atoms with Crippen molar-refractivity contribution in [2.45, 2.75) is 53.1 Å². The van der Waals surface area contributed by atoms with Gasteiger partial charge in [-0.05, 0) is 25.5 Å². The maximum absolute atomic E-state index is 5.79. The molecule has 0 bridgehead atoms. The first-order valence-electron chi connectivity index (χ1n) is 8.28. The maximum Gasteiger partial charge on any atom is 0.213 e. The Labute approximate surface area is 167 Å². The molecule has 2 N–H and O–H groups in total. The number of oxazole rings is 1. The molecule has 0 saturated heterocycles. The van der Waals surface area contributed by atoms with Crippen LogP contribution in [0, 0.1) is 6.92 Å². The average molecular weight is 457 g/mol. The molecule has 0 fully saturated rings. The van der Waals surface area contributed by atoms with Gasteiger partial charge in [-0.2, -0.15) is 0 Å². The molecule has 2 heterocycles.